The van der Waals surface area contributed by atoms with Crippen LogP contribution in [0.5, 0.6) is 0 Å². The molecule has 1 aliphatic carbocycles. The van der Waals surface area contributed by atoms with E-state index in [-0.39, 0.29) is 5.41 Å². The van der Waals surface area contributed by atoms with Crippen LogP contribution in [0.1, 0.15) is 62.0 Å². The molecule has 39 heavy (non-hydrogen) atoms. The Hall–Kier alpha value is -4.96. The van der Waals surface area contributed by atoms with Crippen molar-refractivity contribution in [2.75, 3.05) is 17.2 Å². The van der Waals surface area contributed by atoms with Gasteiger partial charge in [0.15, 0.2) is 0 Å². The number of aromatic nitrogens is 4. The minimum Gasteiger partial charge on any atom is -0.383 e. The van der Waals surface area contributed by atoms with Gasteiger partial charge in [-0.2, -0.15) is 10.5 Å². The van der Waals surface area contributed by atoms with Gasteiger partial charge in [0, 0.05) is 23.8 Å². The van der Waals surface area contributed by atoms with Crippen molar-refractivity contribution >= 4 is 28.2 Å². The Morgan fingerprint density at radius 3 is 2.49 bits per heavy atom. The Morgan fingerprint density at radius 1 is 1.15 bits per heavy atom. The van der Waals surface area contributed by atoms with Gasteiger partial charge in [-0.25, -0.2) is 4.68 Å². The first-order valence-corrected chi connectivity index (χ1v) is 12.7. The Morgan fingerprint density at radius 2 is 1.87 bits per heavy atom. The van der Waals surface area contributed by atoms with E-state index in [4.69, 9.17) is 5.73 Å². The number of carbonyl (C=O) groups is 1. The highest BCUT2D eigenvalue weighted by Gasteiger charge is 2.52. The summed E-state index contributed by atoms with van der Waals surface area (Å²) in [4.78, 5) is 16.5. The maximum atomic E-state index is 12.1. The van der Waals surface area contributed by atoms with Gasteiger partial charge in [-0.15, -0.1) is 5.10 Å². The lowest BCUT2D eigenvalue weighted by molar-refractivity contribution is -0.122. The summed E-state index contributed by atoms with van der Waals surface area (Å²) in [7, 11) is 0. The number of hydrogen-bond acceptors (Lipinski definition) is 8. The first kappa shape index (κ1) is 25.7. The fourth-order valence-corrected chi connectivity index (χ4v) is 4.57. The molecule has 0 spiro atoms. The molecule has 2 aromatic carbocycles. The van der Waals surface area contributed by atoms with Crippen molar-refractivity contribution in [1.82, 2.24) is 20.0 Å². The molecule has 0 radical (unpaired) electrons. The number of pyridine rings is 1. The smallest absolute Gasteiger partial charge is 0.245 e. The molecule has 10 nitrogen and oxygen atoms in total. The highest BCUT2D eigenvalue weighted by atomic mass is 16.2. The molecule has 4 aromatic rings. The first-order valence-electron chi connectivity index (χ1n) is 12.7. The summed E-state index contributed by atoms with van der Waals surface area (Å²) in [5, 5.41) is 36.0. The second kappa shape index (κ2) is 9.73. The minimum atomic E-state index is -0.823. The number of nitriles is 2. The van der Waals surface area contributed by atoms with Crippen molar-refractivity contribution in [3.05, 3.63) is 77.2 Å². The number of amides is 1. The van der Waals surface area contributed by atoms with Crippen LogP contribution in [0.4, 0.5) is 11.4 Å². The van der Waals surface area contributed by atoms with Crippen LogP contribution >= 0.6 is 0 Å². The van der Waals surface area contributed by atoms with Gasteiger partial charge < -0.3 is 16.4 Å². The normalized spacial score (nSPS) is 14.7. The summed E-state index contributed by atoms with van der Waals surface area (Å²) < 4.78 is 1.56. The topological polar surface area (TPSA) is 158 Å². The van der Waals surface area contributed by atoms with Crippen molar-refractivity contribution in [1.29, 1.82) is 10.5 Å². The van der Waals surface area contributed by atoms with Crippen LogP contribution in [0.2, 0.25) is 0 Å². The molecule has 1 aliphatic rings. The fraction of sp³-hybridized carbons (Fsp3) is 0.310. The highest BCUT2D eigenvalue weighted by molar-refractivity contribution is 5.99. The number of carbonyl (C=O) groups excluding carboxylic acids is 1. The molecule has 0 aliphatic heterocycles. The van der Waals surface area contributed by atoms with E-state index in [1.165, 1.54) is 6.20 Å². The molecule has 1 saturated carbocycles. The highest BCUT2D eigenvalue weighted by Crippen LogP contribution is 2.43. The van der Waals surface area contributed by atoms with Gasteiger partial charge in [-0.1, -0.05) is 56.3 Å². The molecular formula is C29H29N9O. The Labute approximate surface area is 226 Å². The zero-order chi connectivity index (χ0) is 27.8. The number of primary amides is 1. The molecular weight excluding hydrogens is 490 g/mol. The van der Waals surface area contributed by atoms with E-state index in [9.17, 15) is 15.3 Å². The predicted molar refractivity (Wildman–Crippen MR) is 147 cm³/mol. The monoisotopic (exact) mass is 519 g/mol. The van der Waals surface area contributed by atoms with Crippen molar-refractivity contribution < 1.29 is 4.79 Å². The first-order chi connectivity index (χ1) is 18.6. The molecule has 1 unspecified atom stereocenters. The second-order valence-corrected chi connectivity index (χ2v) is 11.1. The molecule has 1 fully saturated rings. The summed E-state index contributed by atoms with van der Waals surface area (Å²) in [5.74, 6) is -0.424. The summed E-state index contributed by atoms with van der Waals surface area (Å²) in [6.07, 6.45) is 4.51. The number of hydrogen-bond donors (Lipinski definition) is 3. The standard InChI is InChI=1S/C29H29N9O/c1-28(2,3)17-34-25-20(14-31)15-33-24-19(13-30)11-21(12-22(24)25)35-26(18-7-5-4-6-8-18)23-16-38(37-36-23)29(9-10-29)27(32)39/h4-8,11-12,15-16,26,35H,9-10,17H2,1-3H3,(H2,32,39)(H,33,34). The van der Waals surface area contributed by atoms with Gasteiger partial charge in [0.05, 0.1) is 34.6 Å². The van der Waals surface area contributed by atoms with Crippen LogP contribution in [0, 0.1) is 28.1 Å². The molecule has 0 bridgehead atoms. The van der Waals surface area contributed by atoms with Crippen molar-refractivity contribution in [2.45, 2.75) is 45.2 Å². The van der Waals surface area contributed by atoms with Crippen LogP contribution in [0.15, 0.2) is 54.9 Å². The summed E-state index contributed by atoms with van der Waals surface area (Å²) in [5.41, 5.74) is 8.88. The van der Waals surface area contributed by atoms with Gasteiger partial charge in [-0.05, 0) is 36.0 Å². The van der Waals surface area contributed by atoms with Gasteiger partial charge >= 0.3 is 0 Å². The maximum Gasteiger partial charge on any atom is 0.245 e. The van der Waals surface area contributed by atoms with E-state index < -0.39 is 17.5 Å². The average molecular weight is 520 g/mol. The van der Waals surface area contributed by atoms with Gasteiger partial charge in [-0.3, -0.25) is 9.78 Å². The molecule has 0 saturated heterocycles. The zero-order valence-corrected chi connectivity index (χ0v) is 22.1. The summed E-state index contributed by atoms with van der Waals surface area (Å²) >= 11 is 0. The van der Waals surface area contributed by atoms with Crippen LogP contribution < -0.4 is 16.4 Å². The minimum absolute atomic E-state index is 0.0374. The largest absolute Gasteiger partial charge is 0.383 e. The van der Waals surface area contributed by atoms with Crippen molar-refractivity contribution in [3.8, 4) is 12.1 Å². The third kappa shape index (κ3) is 4.97. The lowest BCUT2D eigenvalue weighted by Gasteiger charge is -2.22. The lowest BCUT2D eigenvalue weighted by Crippen LogP contribution is -2.34. The molecule has 2 aromatic heterocycles. The number of benzene rings is 2. The molecule has 1 atom stereocenters. The van der Waals surface area contributed by atoms with Crippen LogP contribution in [0.25, 0.3) is 10.9 Å². The lowest BCUT2D eigenvalue weighted by atomic mass is 9.96. The van der Waals surface area contributed by atoms with E-state index in [0.29, 0.717) is 58.5 Å². The Balaban J connectivity index is 1.60. The molecule has 5 rings (SSSR count). The number of rotatable bonds is 8. The summed E-state index contributed by atoms with van der Waals surface area (Å²) in [6.45, 7) is 6.93. The van der Waals surface area contributed by atoms with Gasteiger partial charge in [0.25, 0.3) is 0 Å². The fourth-order valence-electron chi connectivity index (χ4n) is 4.57. The van der Waals surface area contributed by atoms with E-state index in [0.717, 1.165) is 5.56 Å². The Kier molecular flexibility index (Phi) is 6.41. The van der Waals surface area contributed by atoms with Crippen LogP contribution in [-0.4, -0.2) is 32.4 Å². The average Bonchev–Trinajstić information content (AvgIpc) is 3.60. The predicted octanol–water partition coefficient (Wildman–Crippen LogP) is 4.20. The van der Waals surface area contributed by atoms with Crippen LogP contribution in [-0.2, 0) is 10.3 Å². The number of anilines is 2. The number of fused-ring (bicyclic) bond motifs is 1. The van der Waals surface area contributed by atoms with E-state index >= 15 is 0 Å². The SMILES string of the molecule is CC(C)(C)CNc1c(C#N)cnc2c(C#N)cc(NC(c3ccccc3)c3cn(C4(C(N)=O)CC4)nn3)cc12. The maximum absolute atomic E-state index is 12.1. The third-order valence-corrected chi connectivity index (χ3v) is 6.88. The van der Waals surface area contributed by atoms with E-state index in [1.807, 2.05) is 36.4 Å². The third-order valence-electron chi connectivity index (χ3n) is 6.88. The molecule has 2 heterocycles. The Bertz CT molecular complexity index is 1630. The number of nitrogens with zero attached hydrogens (tertiary/aromatic N) is 6. The second-order valence-electron chi connectivity index (χ2n) is 11.1. The number of nitrogens with two attached hydrogens (primary N) is 1. The van der Waals surface area contributed by atoms with Gasteiger partial charge in [0.1, 0.15) is 23.4 Å². The van der Waals surface area contributed by atoms with Crippen molar-refractivity contribution in [2.24, 2.45) is 11.1 Å². The van der Waals surface area contributed by atoms with E-state index in [2.05, 4.69) is 58.8 Å². The zero-order valence-electron chi connectivity index (χ0n) is 22.1. The molecule has 1 amide bonds. The molecule has 196 valence electrons. The summed E-state index contributed by atoms with van der Waals surface area (Å²) in [6, 6.07) is 17.4. The van der Waals surface area contributed by atoms with Crippen LogP contribution in [0.3, 0.4) is 0 Å². The van der Waals surface area contributed by atoms with Gasteiger partial charge in [0.2, 0.25) is 5.91 Å². The number of nitrogens with one attached hydrogen (secondary N) is 2. The molecule has 10 heteroatoms. The van der Waals surface area contributed by atoms with Crippen molar-refractivity contribution in [3.63, 3.8) is 0 Å². The quantitative estimate of drug-likeness (QED) is 0.312. The molecule has 4 N–H and O–H groups in total. The van der Waals surface area contributed by atoms with E-state index in [1.54, 1.807) is 16.9 Å².